The van der Waals surface area contributed by atoms with Gasteiger partial charge >= 0.3 is 6.18 Å². The predicted octanol–water partition coefficient (Wildman–Crippen LogP) is 6.47. The SMILES string of the molecule is Cc1nnc2nc(N3CCCc4c(CCC(C)(C)C(F)(F)F)cccc43)c3c(F)c(F)ccc3n12. The van der Waals surface area contributed by atoms with Gasteiger partial charge in [-0.25, -0.2) is 8.78 Å². The minimum atomic E-state index is -4.30. The van der Waals surface area contributed by atoms with Crippen LogP contribution in [0.3, 0.4) is 0 Å². The molecule has 0 atom stereocenters. The molecule has 1 aliphatic heterocycles. The van der Waals surface area contributed by atoms with Crippen LogP contribution >= 0.6 is 0 Å². The molecule has 2 aromatic carbocycles. The van der Waals surface area contributed by atoms with E-state index in [2.05, 4.69) is 15.2 Å². The zero-order valence-corrected chi connectivity index (χ0v) is 19.5. The van der Waals surface area contributed by atoms with E-state index in [1.165, 1.54) is 19.9 Å². The van der Waals surface area contributed by atoms with Crippen molar-refractivity contribution in [3.8, 4) is 0 Å². The summed E-state index contributed by atoms with van der Waals surface area (Å²) in [5, 5.41) is 8.13. The van der Waals surface area contributed by atoms with Gasteiger partial charge in [-0.1, -0.05) is 26.0 Å². The first kappa shape index (κ1) is 23.4. The van der Waals surface area contributed by atoms with Crippen molar-refractivity contribution in [2.75, 3.05) is 11.4 Å². The van der Waals surface area contributed by atoms with Crippen molar-refractivity contribution in [2.24, 2.45) is 5.41 Å². The predicted molar refractivity (Wildman–Crippen MR) is 123 cm³/mol. The Morgan fingerprint density at radius 3 is 2.54 bits per heavy atom. The summed E-state index contributed by atoms with van der Waals surface area (Å²) in [6.45, 7) is 4.61. The third-order valence-electron chi connectivity index (χ3n) is 6.94. The Bertz CT molecular complexity index is 1440. The minimum Gasteiger partial charge on any atom is -0.325 e. The van der Waals surface area contributed by atoms with Crippen LogP contribution in [0.2, 0.25) is 0 Å². The van der Waals surface area contributed by atoms with Crippen LogP contribution in [0.1, 0.15) is 43.6 Å². The fourth-order valence-corrected chi connectivity index (χ4v) is 4.73. The Morgan fingerprint density at radius 2 is 1.80 bits per heavy atom. The van der Waals surface area contributed by atoms with Gasteiger partial charge in [-0.15, -0.1) is 10.2 Å². The molecular formula is C25H24F5N5. The second kappa shape index (κ2) is 8.13. The summed E-state index contributed by atoms with van der Waals surface area (Å²) in [4.78, 5) is 6.37. The van der Waals surface area contributed by atoms with Crippen molar-refractivity contribution in [1.29, 1.82) is 0 Å². The van der Waals surface area contributed by atoms with Gasteiger partial charge in [-0.2, -0.15) is 18.2 Å². The fraction of sp³-hybridized carbons (Fsp3) is 0.400. The molecule has 0 aliphatic carbocycles. The number of alkyl halides is 3. The molecule has 0 unspecified atom stereocenters. The Balaban J connectivity index is 1.64. The third-order valence-corrected chi connectivity index (χ3v) is 6.94. The van der Waals surface area contributed by atoms with Crippen molar-refractivity contribution in [2.45, 2.75) is 52.6 Å². The maximum atomic E-state index is 15.2. The van der Waals surface area contributed by atoms with Crippen LogP contribution in [-0.2, 0) is 12.8 Å². The Hall–Kier alpha value is -3.30. The molecule has 0 radical (unpaired) electrons. The van der Waals surface area contributed by atoms with E-state index in [1.807, 2.05) is 17.0 Å². The highest BCUT2D eigenvalue weighted by Gasteiger charge is 2.46. The zero-order chi connectivity index (χ0) is 25.1. The number of rotatable bonds is 4. The summed E-state index contributed by atoms with van der Waals surface area (Å²) in [5.74, 6) is -1.05. The lowest BCUT2D eigenvalue weighted by Gasteiger charge is -2.33. The van der Waals surface area contributed by atoms with Crippen LogP contribution in [0.5, 0.6) is 0 Å². The number of fused-ring (bicyclic) bond motifs is 4. The standard InChI is InChI=1S/C25H24F5N5/c1-14-32-33-23-31-22(20-19(35(14)23)10-9-17(26)21(20)27)34-13-5-7-16-15(6-4-8-18(16)34)11-12-24(2,3)25(28,29)30/h4,6,8-10H,5,7,11-13H2,1-3H3. The van der Waals surface area contributed by atoms with E-state index in [-0.39, 0.29) is 29.8 Å². The molecule has 0 saturated carbocycles. The highest BCUT2D eigenvalue weighted by molar-refractivity contribution is 5.94. The number of benzene rings is 2. The van der Waals surface area contributed by atoms with E-state index in [0.29, 0.717) is 30.7 Å². The number of hydrogen-bond acceptors (Lipinski definition) is 4. The number of hydrogen-bond donors (Lipinski definition) is 0. The smallest absolute Gasteiger partial charge is 0.325 e. The van der Waals surface area contributed by atoms with Crippen LogP contribution < -0.4 is 4.90 Å². The molecular weight excluding hydrogens is 465 g/mol. The molecule has 10 heteroatoms. The lowest BCUT2D eigenvalue weighted by atomic mass is 9.83. The number of aromatic nitrogens is 4. The molecule has 1 aliphatic rings. The lowest BCUT2D eigenvalue weighted by molar-refractivity contribution is -0.213. The van der Waals surface area contributed by atoms with Gasteiger partial charge in [0.2, 0.25) is 0 Å². The van der Waals surface area contributed by atoms with Gasteiger partial charge in [0.1, 0.15) is 11.6 Å². The van der Waals surface area contributed by atoms with Crippen LogP contribution in [0.25, 0.3) is 16.7 Å². The van der Waals surface area contributed by atoms with E-state index < -0.39 is 23.2 Å². The first-order valence-electron chi connectivity index (χ1n) is 11.4. The summed E-state index contributed by atoms with van der Waals surface area (Å²) < 4.78 is 71.3. The first-order chi connectivity index (χ1) is 16.5. The van der Waals surface area contributed by atoms with Crippen molar-refractivity contribution in [3.63, 3.8) is 0 Å². The van der Waals surface area contributed by atoms with E-state index in [1.54, 1.807) is 17.4 Å². The molecule has 0 amide bonds. The van der Waals surface area contributed by atoms with Gasteiger partial charge < -0.3 is 4.90 Å². The summed E-state index contributed by atoms with van der Waals surface area (Å²) in [5.41, 5.74) is 1.03. The molecule has 184 valence electrons. The van der Waals surface area contributed by atoms with Crippen molar-refractivity contribution in [3.05, 3.63) is 58.9 Å². The maximum absolute atomic E-state index is 15.2. The van der Waals surface area contributed by atoms with E-state index in [4.69, 9.17) is 0 Å². The van der Waals surface area contributed by atoms with E-state index in [9.17, 15) is 17.6 Å². The third kappa shape index (κ3) is 3.79. The number of anilines is 2. The fourth-order valence-electron chi connectivity index (χ4n) is 4.73. The molecule has 35 heavy (non-hydrogen) atoms. The van der Waals surface area contributed by atoms with E-state index in [0.717, 1.165) is 22.9 Å². The van der Waals surface area contributed by atoms with Gasteiger partial charge in [0.25, 0.3) is 5.78 Å². The Labute approximate surface area is 198 Å². The molecule has 3 heterocycles. The topological polar surface area (TPSA) is 46.3 Å². The summed E-state index contributed by atoms with van der Waals surface area (Å²) in [7, 11) is 0. The molecule has 0 bridgehead atoms. The maximum Gasteiger partial charge on any atom is 0.393 e. The van der Waals surface area contributed by atoms with E-state index >= 15 is 4.39 Å². The van der Waals surface area contributed by atoms with Gasteiger partial charge in [0.05, 0.1) is 16.3 Å². The number of aryl methyl sites for hydroxylation is 2. The molecule has 5 nitrogen and oxygen atoms in total. The molecule has 0 saturated heterocycles. The molecule has 0 N–H and O–H groups in total. The monoisotopic (exact) mass is 489 g/mol. The number of nitrogens with zero attached hydrogens (tertiary/aromatic N) is 5. The molecule has 0 spiro atoms. The molecule has 5 rings (SSSR count). The van der Waals surface area contributed by atoms with Crippen LogP contribution in [0.4, 0.5) is 33.5 Å². The van der Waals surface area contributed by atoms with Crippen molar-refractivity contribution >= 4 is 28.2 Å². The molecule has 0 fully saturated rings. The molecule has 4 aromatic rings. The normalized spacial score (nSPS) is 14.7. The first-order valence-corrected chi connectivity index (χ1v) is 11.4. The highest BCUT2D eigenvalue weighted by atomic mass is 19.4. The zero-order valence-electron chi connectivity index (χ0n) is 19.5. The van der Waals surface area contributed by atoms with Gasteiger partial charge in [-0.05, 0) is 61.9 Å². The summed E-state index contributed by atoms with van der Waals surface area (Å²) in [6.07, 6.45) is -2.74. The Kier molecular flexibility index (Phi) is 5.45. The average Bonchev–Trinajstić information content (AvgIpc) is 3.19. The van der Waals surface area contributed by atoms with Gasteiger partial charge in [-0.3, -0.25) is 4.40 Å². The lowest BCUT2D eigenvalue weighted by Crippen LogP contribution is -2.32. The molecule has 2 aromatic heterocycles. The van der Waals surface area contributed by atoms with Crippen LogP contribution in [0.15, 0.2) is 30.3 Å². The largest absolute Gasteiger partial charge is 0.393 e. The van der Waals surface area contributed by atoms with Crippen LogP contribution in [0, 0.1) is 24.0 Å². The number of halogens is 5. The second-order valence-corrected chi connectivity index (χ2v) is 9.63. The quantitative estimate of drug-likeness (QED) is 0.308. The van der Waals surface area contributed by atoms with Crippen LogP contribution in [-0.4, -0.2) is 32.3 Å². The summed E-state index contributed by atoms with van der Waals surface area (Å²) >= 11 is 0. The average molecular weight is 489 g/mol. The highest BCUT2D eigenvalue weighted by Crippen LogP contribution is 2.43. The summed E-state index contributed by atoms with van der Waals surface area (Å²) in [6, 6.07) is 8.00. The van der Waals surface area contributed by atoms with Gasteiger partial charge in [0.15, 0.2) is 11.6 Å². The second-order valence-electron chi connectivity index (χ2n) is 9.63. The minimum absolute atomic E-state index is 0.0110. The Morgan fingerprint density at radius 1 is 1.03 bits per heavy atom. The van der Waals surface area contributed by atoms with Crippen molar-refractivity contribution in [1.82, 2.24) is 19.6 Å². The van der Waals surface area contributed by atoms with Gasteiger partial charge in [0, 0.05) is 12.2 Å². The van der Waals surface area contributed by atoms with Crippen molar-refractivity contribution < 1.29 is 22.0 Å².